The Morgan fingerprint density at radius 3 is 2.36 bits per heavy atom. The molecule has 0 radical (unpaired) electrons. The van der Waals surface area contributed by atoms with Crippen LogP contribution in [0.3, 0.4) is 0 Å². The van der Waals surface area contributed by atoms with Crippen molar-refractivity contribution in [2.24, 2.45) is 11.8 Å². The van der Waals surface area contributed by atoms with Crippen molar-refractivity contribution in [3.8, 4) is 0 Å². The van der Waals surface area contributed by atoms with Gasteiger partial charge in [-0.2, -0.15) is 0 Å². The van der Waals surface area contributed by atoms with Gasteiger partial charge < -0.3 is 4.74 Å². The molecule has 0 aromatic rings. The molecule has 0 spiro atoms. The van der Waals surface area contributed by atoms with Crippen molar-refractivity contribution < 1.29 is 4.74 Å². The highest BCUT2D eigenvalue weighted by molar-refractivity contribution is 5.04. The Hall–Kier alpha value is -0.0800. The third-order valence-corrected chi connectivity index (χ3v) is 4.02. The summed E-state index contributed by atoms with van der Waals surface area (Å²) < 4.78 is 6.21. The van der Waals surface area contributed by atoms with E-state index in [1.54, 1.807) is 0 Å². The van der Waals surface area contributed by atoms with Crippen LogP contribution >= 0.6 is 0 Å². The molecule has 14 heavy (non-hydrogen) atoms. The first-order valence-corrected chi connectivity index (χ1v) is 6.05. The van der Waals surface area contributed by atoms with Crippen molar-refractivity contribution in [1.29, 1.82) is 0 Å². The molecule has 0 amide bonds. The first-order chi connectivity index (χ1) is 6.65. The Morgan fingerprint density at radius 2 is 1.86 bits per heavy atom. The van der Waals surface area contributed by atoms with Crippen LogP contribution in [-0.2, 0) is 4.74 Å². The van der Waals surface area contributed by atoms with Crippen LogP contribution in [0.25, 0.3) is 0 Å². The largest absolute Gasteiger partial charge is 0.371 e. The Bertz CT molecular complexity index is 195. The molecule has 3 heterocycles. The quantitative estimate of drug-likeness (QED) is 0.667. The van der Waals surface area contributed by atoms with E-state index in [0.717, 1.165) is 11.8 Å². The molecule has 1 aliphatic carbocycles. The van der Waals surface area contributed by atoms with Gasteiger partial charge in [-0.25, -0.2) is 0 Å². The number of piperidine rings is 3. The summed E-state index contributed by atoms with van der Waals surface area (Å²) in [6.07, 6.45) is 4.53. The Morgan fingerprint density at radius 1 is 1.21 bits per heavy atom. The van der Waals surface area contributed by atoms with Crippen LogP contribution in [0.5, 0.6) is 0 Å². The predicted octanol–water partition coefficient (Wildman–Crippen LogP) is 1.90. The second kappa shape index (κ2) is 2.96. The molecule has 80 valence electrons. The zero-order valence-electron chi connectivity index (χ0n) is 9.33. The highest BCUT2D eigenvalue weighted by atomic mass is 16.5. The summed E-state index contributed by atoms with van der Waals surface area (Å²) in [6.45, 7) is 8.25. The van der Waals surface area contributed by atoms with Gasteiger partial charge in [0.05, 0.1) is 11.7 Å². The van der Waals surface area contributed by atoms with Gasteiger partial charge in [-0.15, -0.1) is 0 Å². The fraction of sp³-hybridized carbons (Fsp3) is 1.00. The zero-order chi connectivity index (χ0) is 9.76. The molecule has 2 unspecified atom stereocenters. The van der Waals surface area contributed by atoms with E-state index in [-0.39, 0.29) is 5.60 Å². The van der Waals surface area contributed by atoms with Crippen LogP contribution in [0.15, 0.2) is 0 Å². The lowest BCUT2D eigenvalue weighted by Crippen LogP contribution is -2.63. The topological polar surface area (TPSA) is 12.5 Å². The van der Waals surface area contributed by atoms with Gasteiger partial charge in [-0.3, -0.25) is 4.90 Å². The first kappa shape index (κ1) is 9.17. The maximum Gasteiger partial charge on any atom is 0.0818 e. The summed E-state index contributed by atoms with van der Waals surface area (Å²) in [7, 11) is 0. The molecule has 4 bridgehead atoms. The van der Waals surface area contributed by atoms with Crippen molar-refractivity contribution in [1.82, 2.24) is 4.90 Å². The van der Waals surface area contributed by atoms with E-state index < -0.39 is 0 Å². The number of rotatable bonds is 2. The van der Waals surface area contributed by atoms with Crippen molar-refractivity contribution in [3.05, 3.63) is 0 Å². The van der Waals surface area contributed by atoms with Crippen molar-refractivity contribution >= 4 is 0 Å². The van der Waals surface area contributed by atoms with Gasteiger partial charge in [0.25, 0.3) is 0 Å². The molecule has 2 nitrogen and oxygen atoms in total. The average Bonchev–Trinajstić information content (AvgIpc) is 1.96. The van der Waals surface area contributed by atoms with Gasteiger partial charge >= 0.3 is 0 Å². The van der Waals surface area contributed by atoms with Crippen LogP contribution < -0.4 is 0 Å². The maximum absolute atomic E-state index is 6.21. The van der Waals surface area contributed by atoms with Gasteiger partial charge in [0.1, 0.15) is 0 Å². The molecule has 0 N–H and O–H groups in total. The third kappa shape index (κ3) is 1.40. The first-order valence-electron chi connectivity index (χ1n) is 6.05. The summed E-state index contributed by atoms with van der Waals surface area (Å²) in [5.41, 5.74) is 0.248. The molecule has 4 fully saturated rings. The lowest BCUT2D eigenvalue weighted by Gasteiger charge is -2.58. The molecule has 4 rings (SSSR count). The maximum atomic E-state index is 6.21. The fourth-order valence-corrected chi connectivity index (χ4v) is 4.16. The van der Waals surface area contributed by atoms with E-state index in [4.69, 9.17) is 4.74 Å². The van der Waals surface area contributed by atoms with Gasteiger partial charge in [0, 0.05) is 19.6 Å². The molecule has 2 heteroatoms. The fourth-order valence-electron chi connectivity index (χ4n) is 4.16. The predicted molar refractivity (Wildman–Crippen MR) is 56.2 cm³/mol. The average molecular weight is 195 g/mol. The molecule has 3 aliphatic heterocycles. The van der Waals surface area contributed by atoms with Gasteiger partial charge in [-0.05, 0) is 44.9 Å². The van der Waals surface area contributed by atoms with Crippen LogP contribution in [0, 0.1) is 11.8 Å². The van der Waals surface area contributed by atoms with Crippen molar-refractivity contribution in [2.45, 2.75) is 44.8 Å². The van der Waals surface area contributed by atoms with E-state index in [9.17, 15) is 0 Å². The normalized spacial score (nSPS) is 50.4. The van der Waals surface area contributed by atoms with Crippen molar-refractivity contribution in [3.63, 3.8) is 0 Å². The summed E-state index contributed by atoms with van der Waals surface area (Å²) in [6, 6.07) is 0. The minimum atomic E-state index is 0.248. The summed E-state index contributed by atoms with van der Waals surface area (Å²) in [5, 5.41) is 0. The number of hydrogen-bond donors (Lipinski definition) is 0. The second-order valence-electron chi connectivity index (χ2n) is 5.92. The monoisotopic (exact) mass is 195 g/mol. The molecular weight excluding hydrogens is 174 g/mol. The highest BCUT2D eigenvalue weighted by Gasteiger charge is 2.51. The summed E-state index contributed by atoms with van der Waals surface area (Å²) in [4.78, 5) is 2.63. The van der Waals surface area contributed by atoms with Crippen molar-refractivity contribution in [2.75, 3.05) is 19.6 Å². The van der Waals surface area contributed by atoms with Crippen LogP contribution in [0.1, 0.15) is 33.1 Å². The van der Waals surface area contributed by atoms with Gasteiger partial charge in [0.2, 0.25) is 0 Å². The van der Waals surface area contributed by atoms with Crippen LogP contribution in [0.2, 0.25) is 0 Å². The molecule has 0 aromatic carbocycles. The molecular formula is C12H21NO. The van der Waals surface area contributed by atoms with Gasteiger partial charge in [0.15, 0.2) is 0 Å². The molecule has 2 atom stereocenters. The zero-order valence-corrected chi connectivity index (χ0v) is 9.33. The number of nitrogens with zero attached hydrogens (tertiary/aromatic N) is 1. The van der Waals surface area contributed by atoms with E-state index in [1.807, 2.05) is 0 Å². The number of ether oxygens (including phenoxy) is 1. The second-order valence-corrected chi connectivity index (χ2v) is 5.92. The molecule has 3 saturated heterocycles. The van der Waals surface area contributed by atoms with E-state index in [2.05, 4.69) is 18.7 Å². The van der Waals surface area contributed by atoms with Gasteiger partial charge in [-0.1, -0.05) is 0 Å². The lowest BCUT2D eigenvalue weighted by atomic mass is 9.65. The Kier molecular flexibility index (Phi) is 1.94. The van der Waals surface area contributed by atoms with Crippen LogP contribution in [-0.4, -0.2) is 36.2 Å². The summed E-state index contributed by atoms with van der Waals surface area (Å²) in [5.74, 6) is 1.88. The molecule has 0 aromatic heterocycles. The molecule has 4 aliphatic rings. The minimum absolute atomic E-state index is 0.248. The molecule has 1 saturated carbocycles. The Balaban J connectivity index is 1.80. The third-order valence-electron chi connectivity index (χ3n) is 4.02. The van der Waals surface area contributed by atoms with Crippen LogP contribution in [0.4, 0.5) is 0 Å². The number of hydrogen-bond acceptors (Lipinski definition) is 2. The SMILES string of the molecule is CC(C)OC12CC3CC(CN(C3)C1)C2. The standard InChI is InChI=1S/C12H21NO/c1-9(2)14-12-4-10-3-11(5-12)7-13(6-10)8-12/h9-11H,3-8H2,1-2H3. The summed E-state index contributed by atoms with van der Waals surface area (Å²) >= 11 is 0. The van der Waals surface area contributed by atoms with E-state index in [1.165, 1.54) is 38.9 Å². The highest BCUT2D eigenvalue weighted by Crippen LogP contribution is 2.47. The Labute approximate surface area is 86.6 Å². The van der Waals surface area contributed by atoms with E-state index >= 15 is 0 Å². The van der Waals surface area contributed by atoms with E-state index in [0.29, 0.717) is 6.10 Å². The smallest absolute Gasteiger partial charge is 0.0818 e. The minimum Gasteiger partial charge on any atom is -0.371 e. The lowest BCUT2D eigenvalue weighted by molar-refractivity contribution is -0.189.